The van der Waals surface area contributed by atoms with E-state index in [0.29, 0.717) is 24.4 Å². The molecule has 0 saturated heterocycles. The van der Waals surface area contributed by atoms with E-state index in [1.165, 1.54) is 0 Å². The Bertz CT molecular complexity index is 928. The molecule has 11 atom stereocenters. The molecule has 2 N–H and O–H groups in total. The number of aliphatic hydroxyl groups excluding tert-OH is 1. The Labute approximate surface area is 209 Å². The molecule has 0 spiro atoms. The van der Waals surface area contributed by atoms with E-state index in [0.717, 1.165) is 63.4 Å². The molecule has 0 amide bonds. The van der Waals surface area contributed by atoms with Crippen LogP contribution >= 0.6 is 0 Å². The fourth-order valence-corrected chi connectivity index (χ4v) is 9.46. The van der Waals surface area contributed by atoms with Gasteiger partial charge in [-0.05, 0) is 105 Å². The van der Waals surface area contributed by atoms with Crippen molar-refractivity contribution >= 4 is 5.97 Å². The predicted molar refractivity (Wildman–Crippen MR) is 130 cm³/mol. The van der Waals surface area contributed by atoms with Crippen LogP contribution in [0.1, 0.15) is 78.6 Å². The van der Waals surface area contributed by atoms with Crippen molar-refractivity contribution in [2.75, 3.05) is 6.61 Å². The monoisotopic (exact) mass is 486 g/mol. The van der Waals surface area contributed by atoms with Crippen LogP contribution in [0.4, 0.5) is 0 Å². The van der Waals surface area contributed by atoms with E-state index in [1.54, 1.807) is 12.2 Å². The van der Waals surface area contributed by atoms with Gasteiger partial charge in [0.2, 0.25) is 0 Å². The SMILES string of the molecule is C[C@H]1O[C@H](O[C@H]2CC[C@@]3(C)[C@H](CC[C@@H]4[C@@H]3CC[C@]3(C)[C@@H](C5=CC(=O)OC5)CC[C@]43O)C2)C=C[C@@H]1O. The highest BCUT2D eigenvalue weighted by atomic mass is 16.7. The first-order valence-electron chi connectivity index (χ1n) is 13.9. The van der Waals surface area contributed by atoms with Gasteiger partial charge in [0, 0.05) is 11.5 Å². The molecule has 0 aromatic carbocycles. The Kier molecular flexibility index (Phi) is 5.80. The summed E-state index contributed by atoms with van der Waals surface area (Å²) in [5, 5.41) is 22.2. The quantitative estimate of drug-likeness (QED) is 0.457. The molecular weight excluding hydrogens is 444 g/mol. The Morgan fingerprint density at radius 3 is 2.60 bits per heavy atom. The highest BCUT2D eigenvalue weighted by molar-refractivity contribution is 5.85. The summed E-state index contributed by atoms with van der Waals surface area (Å²) in [6.45, 7) is 7.07. The van der Waals surface area contributed by atoms with Crippen molar-refractivity contribution in [1.29, 1.82) is 0 Å². The van der Waals surface area contributed by atoms with Crippen LogP contribution in [0, 0.1) is 34.5 Å². The van der Waals surface area contributed by atoms with Gasteiger partial charge in [-0.25, -0.2) is 4.79 Å². The lowest BCUT2D eigenvalue weighted by Gasteiger charge is -2.63. The highest BCUT2D eigenvalue weighted by Gasteiger charge is 2.67. The number of fused-ring (bicyclic) bond motifs is 5. The maximum atomic E-state index is 12.4. The summed E-state index contributed by atoms with van der Waals surface area (Å²) < 4.78 is 17.5. The zero-order chi connectivity index (χ0) is 24.6. The largest absolute Gasteiger partial charge is 0.458 e. The van der Waals surface area contributed by atoms with Gasteiger partial charge >= 0.3 is 5.97 Å². The number of cyclic esters (lactones) is 1. The van der Waals surface area contributed by atoms with Crippen molar-refractivity contribution in [1.82, 2.24) is 0 Å². The summed E-state index contributed by atoms with van der Waals surface area (Å²) in [5.74, 6) is 1.50. The molecule has 6 heteroatoms. The molecule has 6 rings (SSSR count). The normalized spacial score (nSPS) is 53.4. The fourth-order valence-electron chi connectivity index (χ4n) is 9.46. The lowest BCUT2D eigenvalue weighted by Crippen LogP contribution is -2.62. The molecule has 0 bridgehead atoms. The standard InChI is InChI=1S/C29H42O6/c1-17-24(30)6-7-26(34-17)35-20-8-11-27(2)19(15-20)4-5-23-22(27)9-12-28(3)21(10-13-29(23,28)32)18-14-25(31)33-16-18/h6-7,14,17,19-24,26,30,32H,4-5,8-13,15-16H2,1-3H3/t17-,19-,20+,21-,22+,23-,24+,26-,27+,28-,29+/m1/s1. The summed E-state index contributed by atoms with van der Waals surface area (Å²) in [6.07, 6.45) is 13.7. The molecular formula is C29H42O6. The maximum absolute atomic E-state index is 12.4. The minimum atomic E-state index is -0.661. The molecule has 6 aliphatic rings. The molecule has 35 heavy (non-hydrogen) atoms. The number of hydrogen-bond acceptors (Lipinski definition) is 6. The van der Waals surface area contributed by atoms with Gasteiger partial charge in [0.15, 0.2) is 6.29 Å². The molecule has 4 fully saturated rings. The minimum absolute atomic E-state index is 0.177. The van der Waals surface area contributed by atoms with E-state index in [-0.39, 0.29) is 41.2 Å². The molecule has 2 heterocycles. The first-order chi connectivity index (χ1) is 16.6. The number of aliphatic hydroxyl groups is 2. The Hall–Kier alpha value is -1.21. The van der Waals surface area contributed by atoms with Crippen LogP contribution in [0.25, 0.3) is 0 Å². The molecule has 0 unspecified atom stereocenters. The van der Waals surface area contributed by atoms with E-state index in [4.69, 9.17) is 14.2 Å². The summed E-state index contributed by atoms with van der Waals surface area (Å²) in [5.41, 5.74) is 0.497. The Morgan fingerprint density at radius 1 is 1.03 bits per heavy atom. The second-order valence-electron chi connectivity index (χ2n) is 12.9. The average Bonchev–Trinajstić information content (AvgIpc) is 3.36. The van der Waals surface area contributed by atoms with Crippen molar-refractivity contribution < 1.29 is 29.2 Å². The molecule has 0 radical (unpaired) electrons. The van der Waals surface area contributed by atoms with Crippen LogP contribution in [0.15, 0.2) is 23.8 Å². The molecule has 194 valence electrons. The van der Waals surface area contributed by atoms with Crippen molar-refractivity contribution in [3.8, 4) is 0 Å². The predicted octanol–water partition coefficient (Wildman–Crippen LogP) is 4.29. The molecule has 0 aromatic rings. The number of carbonyl (C=O) groups is 1. The number of esters is 1. The molecule has 4 saturated carbocycles. The van der Waals surface area contributed by atoms with Crippen LogP contribution in [0.5, 0.6) is 0 Å². The first kappa shape index (κ1) is 24.1. The summed E-state index contributed by atoms with van der Waals surface area (Å²) >= 11 is 0. The second kappa shape index (κ2) is 8.41. The van der Waals surface area contributed by atoms with E-state index >= 15 is 0 Å². The van der Waals surface area contributed by atoms with Crippen LogP contribution < -0.4 is 0 Å². The number of rotatable bonds is 3. The lowest BCUT2D eigenvalue weighted by atomic mass is 9.43. The molecule has 2 aliphatic heterocycles. The van der Waals surface area contributed by atoms with Crippen molar-refractivity contribution in [2.24, 2.45) is 34.5 Å². The van der Waals surface area contributed by atoms with Gasteiger partial charge in [-0.2, -0.15) is 0 Å². The van der Waals surface area contributed by atoms with Gasteiger partial charge in [0.1, 0.15) is 6.61 Å². The maximum Gasteiger partial charge on any atom is 0.331 e. The highest BCUT2D eigenvalue weighted by Crippen LogP contribution is 2.70. The first-order valence-corrected chi connectivity index (χ1v) is 13.9. The third-order valence-corrected chi connectivity index (χ3v) is 11.6. The van der Waals surface area contributed by atoms with Gasteiger partial charge in [-0.15, -0.1) is 0 Å². The third-order valence-electron chi connectivity index (χ3n) is 11.6. The topological polar surface area (TPSA) is 85.2 Å². The van der Waals surface area contributed by atoms with E-state index in [9.17, 15) is 15.0 Å². The van der Waals surface area contributed by atoms with E-state index < -0.39 is 11.7 Å². The average molecular weight is 487 g/mol. The Balaban J connectivity index is 1.17. The van der Waals surface area contributed by atoms with Crippen molar-refractivity contribution in [3.05, 3.63) is 23.8 Å². The fraction of sp³-hybridized carbons (Fsp3) is 0.828. The lowest BCUT2D eigenvalue weighted by molar-refractivity contribution is -0.226. The summed E-state index contributed by atoms with van der Waals surface area (Å²) in [7, 11) is 0. The number of ether oxygens (including phenoxy) is 3. The third kappa shape index (κ3) is 3.61. The zero-order valence-corrected chi connectivity index (χ0v) is 21.4. The van der Waals surface area contributed by atoms with E-state index in [2.05, 4.69) is 13.8 Å². The van der Waals surface area contributed by atoms with E-state index in [1.807, 2.05) is 13.0 Å². The van der Waals surface area contributed by atoms with Gasteiger partial charge in [0.05, 0.1) is 23.9 Å². The summed E-state index contributed by atoms with van der Waals surface area (Å²) in [6, 6.07) is 0. The van der Waals surface area contributed by atoms with Gasteiger partial charge in [0.25, 0.3) is 0 Å². The van der Waals surface area contributed by atoms with Gasteiger partial charge in [-0.3, -0.25) is 0 Å². The van der Waals surface area contributed by atoms with Crippen LogP contribution in [0.3, 0.4) is 0 Å². The van der Waals surface area contributed by atoms with Gasteiger partial charge < -0.3 is 24.4 Å². The molecule has 6 nitrogen and oxygen atoms in total. The van der Waals surface area contributed by atoms with Crippen molar-refractivity contribution in [2.45, 2.75) is 109 Å². The van der Waals surface area contributed by atoms with Crippen LogP contribution in [-0.2, 0) is 19.0 Å². The molecule has 0 aromatic heterocycles. The van der Waals surface area contributed by atoms with Crippen LogP contribution in [0.2, 0.25) is 0 Å². The van der Waals surface area contributed by atoms with Gasteiger partial charge in [-0.1, -0.05) is 19.9 Å². The number of carbonyl (C=O) groups excluding carboxylic acids is 1. The molecule has 4 aliphatic carbocycles. The van der Waals surface area contributed by atoms with Crippen molar-refractivity contribution in [3.63, 3.8) is 0 Å². The second-order valence-corrected chi connectivity index (χ2v) is 12.9. The van der Waals surface area contributed by atoms with Crippen LogP contribution in [-0.4, -0.2) is 53.0 Å². The number of hydrogen-bond donors (Lipinski definition) is 2. The zero-order valence-electron chi connectivity index (χ0n) is 21.4. The Morgan fingerprint density at radius 2 is 1.86 bits per heavy atom. The minimum Gasteiger partial charge on any atom is -0.458 e. The summed E-state index contributed by atoms with van der Waals surface area (Å²) in [4.78, 5) is 11.8. The smallest absolute Gasteiger partial charge is 0.331 e.